The summed E-state index contributed by atoms with van der Waals surface area (Å²) in [5, 5.41) is 9.12. The van der Waals surface area contributed by atoms with Gasteiger partial charge < -0.3 is 9.88 Å². The standard InChI is InChI=1S/C28H23F3N4O/c1-17-4-10-21(19-7-5-18(16-32)6-8-19)22(14-17)25(36)35-13-3-12-27(35,2)26-33-23-11-9-20(28(29,30)31)15-24(23)34-26/h4-11,14-15H,3,12-13H2,1-2H3,(H,33,34)/t27-/m0/s1. The number of carbonyl (C=O) groups excluding carboxylic acids is 1. The van der Waals surface area contributed by atoms with Gasteiger partial charge in [-0.15, -0.1) is 0 Å². The van der Waals surface area contributed by atoms with Crippen LogP contribution in [0.25, 0.3) is 22.2 Å². The van der Waals surface area contributed by atoms with Crippen molar-refractivity contribution >= 4 is 16.9 Å². The summed E-state index contributed by atoms with van der Waals surface area (Å²) in [6.45, 7) is 4.32. The number of alkyl halides is 3. The summed E-state index contributed by atoms with van der Waals surface area (Å²) in [7, 11) is 0. The lowest BCUT2D eigenvalue weighted by atomic mass is 9.93. The molecule has 5 nitrogen and oxygen atoms in total. The maximum absolute atomic E-state index is 14.0. The van der Waals surface area contributed by atoms with Crippen molar-refractivity contribution in [1.29, 1.82) is 5.26 Å². The molecule has 8 heteroatoms. The van der Waals surface area contributed by atoms with E-state index in [4.69, 9.17) is 5.26 Å². The highest BCUT2D eigenvalue weighted by Crippen LogP contribution is 2.40. The van der Waals surface area contributed by atoms with Gasteiger partial charge in [0.05, 0.1) is 33.8 Å². The smallest absolute Gasteiger partial charge is 0.340 e. The summed E-state index contributed by atoms with van der Waals surface area (Å²) in [6, 6.07) is 18.3. The number of carbonyl (C=O) groups is 1. The zero-order valence-electron chi connectivity index (χ0n) is 19.8. The highest BCUT2D eigenvalue weighted by atomic mass is 19.4. The van der Waals surface area contributed by atoms with Gasteiger partial charge in [-0.3, -0.25) is 4.79 Å². The van der Waals surface area contributed by atoms with E-state index in [1.54, 1.807) is 17.0 Å². The van der Waals surface area contributed by atoms with Gasteiger partial charge in [0.2, 0.25) is 0 Å². The molecule has 0 saturated carbocycles. The maximum atomic E-state index is 14.0. The Hall–Kier alpha value is -4.12. The van der Waals surface area contributed by atoms with Gasteiger partial charge in [0.1, 0.15) is 5.82 Å². The van der Waals surface area contributed by atoms with Gasteiger partial charge >= 0.3 is 6.18 Å². The van der Waals surface area contributed by atoms with E-state index in [0.717, 1.165) is 35.2 Å². The topological polar surface area (TPSA) is 72.8 Å². The molecule has 1 amide bonds. The summed E-state index contributed by atoms with van der Waals surface area (Å²) in [4.78, 5) is 23.4. The SMILES string of the molecule is Cc1ccc(-c2ccc(C#N)cc2)c(C(=O)N2CCC[C@@]2(C)c2nc3ccc(C(F)(F)F)cc3[nH]2)c1. The summed E-state index contributed by atoms with van der Waals surface area (Å²) >= 11 is 0. The summed E-state index contributed by atoms with van der Waals surface area (Å²) < 4.78 is 39.6. The van der Waals surface area contributed by atoms with Gasteiger partial charge in [0, 0.05) is 12.1 Å². The summed E-state index contributed by atoms with van der Waals surface area (Å²) in [5.41, 5.74) is 2.72. The second-order valence-electron chi connectivity index (χ2n) is 9.39. The number of halogens is 3. The molecule has 0 bridgehead atoms. The number of hydrogen-bond acceptors (Lipinski definition) is 3. The molecule has 4 aromatic rings. The average molecular weight is 489 g/mol. The number of aromatic nitrogens is 2. The lowest BCUT2D eigenvalue weighted by molar-refractivity contribution is -0.137. The minimum Gasteiger partial charge on any atom is -0.340 e. The van der Waals surface area contributed by atoms with Crippen molar-refractivity contribution in [1.82, 2.24) is 14.9 Å². The molecule has 1 N–H and O–H groups in total. The van der Waals surface area contributed by atoms with Crippen molar-refractivity contribution < 1.29 is 18.0 Å². The van der Waals surface area contributed by atoms with E-state index in [1.165, 1.54) is 6.07 Å². The second kappa shape index (κ2) is 8.52. The van der Waals surface area contributed by atoms with Gasteiger partial charge in [-0.2, -0.15) is 18.4 Å². The lowest BCUT2D eigenvalue weighted by Crippen LogP contribution is -2.43. The third-order valence-corrected chi connectivity index (χ3v) is 6.94. The predicted octanol–water partition coefficient (Wildman–Crippen LogP) is 6.58. The molecule has 2 heterocycles. The van der Waals surface area contributed by atoms with E-state index >= 15 is 0 Å². The minimum absolute atomic E-state index is 0.172. The van der Waals surface area contributed by atoms with Crippen LogP contribution in [0.3, 0.4) is 0 Å². The number of imidazole rings is 1. The van der Waals surface area contributed by atoms with Crippen LogP contribution in [-0.4, -0.2) is 27.3 Å². The molecule has 0 radical (unpaired) electrons. The first kappa shape index (κ1) is 23.6. The highest BCUT2D eigenvalue weighted by molar-refractivity contribution is 6.01. The zero-order valence-corrected chi connectivity index (χ0v) is 19.8. The van der Waals surface area contributed by atoms with Crippen LogP contribution >= 0.6 is 0 Å². The first-order chi connectivity index (χ1) is 17.1. The molecule has 5 rings (SSSR count). The summed E-state index contributed by atoms with van der Waals surface area (Å²) in [5.74, 6) is 0.296. The Balaban J connectivity index is 1.55. The van der Waals surface area contributed by atoms with E-state index < -0.39 is 17.3 Å². The number of H-pyrrole nitrogens is 1. The fourth-order valence-corrected chi connectivity index (χ4v) is 4.93. The van der Waals surface area contributed by atoms with Crippen LogP contribution in [-0.2, 0) is 11.7 Å². The molecule has 0 unspecified atom stereocenters. The Kier molecular flexibility index (Phi) is 5.59. The van der Waals surface area contributed by atoms with Crippen molar-refractivity contribution in [2.24, 2.45) is 0 Å². The molecular formula is C28H23F3N4O. The molecule has 1 saturated heterocycles. The van der Waals surface area contributed by atoms with Crippen molar-refractivity contribution in [2.75, 3.05) is 6.54 Å². The molecule has 3 aromatic carbocycles. The van der Waals surface area contributed by atoms with Crippen LogP contribution in [0, 0.1) is 18.3 Å². The number of hydrogen-bond donors (Lipinski definition) is 1. The number of nitriles is 1. The van der Waals surface area contributed by atoms with Crippen molar-refractivity contribution in [3.63, 3.8) is 0 Å². The molecule has 1 atom stereocenters. The fourth-order valence-electron chi connectivity index (χ4n) is 4.93. The van der Waals surface area contributed by atoms with Crippen LogP contribution in [0.15, 0.2) is 60.7 Å². The number of benzene rings is 3. The van der Waals surface area contributed by atoms with Gasteiger partial charge in [-0.05, 0) is 74.2 Å². The van der Waals surface area contributed by atoms with Crippen LogP contribution in [0.5, 0.6) is 0 Å². The van der Waals surface area contributed by atoms with Gasteiger partial charge in [0.15, 0.2) is 0 Å². The molecule has 1 aromatic heterocycles. The third kappa shape index (κ3) is 4.01. The highest BCUT2D eigenvalue weighted by Gasteiger charge is 2.44. The molecule has 0 aliphatic carbocycles. The first-order valence-corrected chi connectivity index (χ1v) is 11.6. The van der Waals surface area contributed by atoms with E-state index in [1.807, 2.05) is 44.2 Å². The number of fused-ring (bicyclic) bond motifs is 1. The van der Waals surface area contributed by atoms with Crippen LogP contribution < -0.4 is 0 Å². The molecule has 0 spiro atoms. The summed E-state index contributed by atoms with van der Waals surface area (Å²) in [6.07, 6.45) is -3.08. The zero-order chi connectivity index (χ0) is 25.7. The molecule has 1 aliphatic heterocycles. The number of nitrogens with zero attached hydrogens (tertiary/aromatic N) is 3. The number of amides is 1. The molecule has 182 valence electrons. The van der Waals surface area contributed by atoms with E-state index in [9.17, 15) is 18.0 Å². The Morgan fingerprint density at radius 3 is 2.56 bits per heavy atom. The molecule has 36 heavy (non-hydrogen) atoms. The number of aromatic amines is 1. The lowest BCUT2D eigenvalue weighted by Gasteiger charge is -2.34. The molecular weight excluding hydrogens is 465 g/mol. The Morgan fingerprint density at radius 1 is 1.11 bits per heavy atom. The van der Waals surface area contributed by atoms with E-state index in [0.29, 0.717) is 35.4 Å². The second-order valence-corrected chi connectivity index (χ2v) is 9.39. The van der Waals surface area contributed by atoms with Crippen LogP contribution in [0.1, 0.15) is 52.6 Å². The van der Waals surface area contributed by atoms with Crippen molar-refractivity contribution in [3.8, 4) is 17.2 Å². The van der Waals surface area contributed by atoms with E-state index in [-0.39, 0.29) is 11.4 Å². The molecule has 1 fully saturated rings. The number of aryl methyl sites for hydroxylation is 1. The van der Waals surface area contributed by atoms with E-state index in [2.05, 4.69) is 16.0 Å². The number of nitrogens with one attached hydrogen (secondary N) is 1. The normalized spacial score (nSPS) is 17.9. The van der Waals surface area contributed by atoms with Gasteiger partial charge in [-0.25, -0.2) is 4.98 Å². The van der Waals surface area contributed by atoms with Crippen LogP contribution in [0.4, 0.5) is 13.2 Å². The maximum Gasteiger partial charge on any atom is 0.416 e. The van der Waals surface area contributed by atoms with Crippen LogP contribution in [0.2, 0.25) is 0 Å². The minimum atomic E-state index is -4.45. The monoisotopic (exact) mass is 488 g/mol. The largest absolute Gasteiger partial charge is 0.416 e. The first-order valence-electron chi connectivity index (χ1n) is 11.6. The Labute approximate surface area is 206 Å². The van der Waals surface area contributed by atoms with Crippen molar-refractivity contribution in [3.05, 3.63) is 88.7 Å². The van der Waals surface area contributed by atoms with Crippen molar-refractivity contribution in [2.45, 2.75) is 38.4 Å². The predicted molar refractivity (Wildman–Crippen MR) is 130 cm³/mol. The quantitative estimate of drug-likeness (QED) is 0.354. The Bertz CT molecular complexity index is 1510. The van der Waals surface area contributed by atoms with Gasteiger partial charge in [0.25, 0.3) is 5.91 Å². The third-order valence-electron chi connectivity index (χ3n) is 6.94. The fraction of sp³-hybridized carbons (Fsp3) is 0.250. The number of likely N-dealkylation sites (tertiary alicyclic amines) is 1. The Morgan fingerprint density at radius 2 is 1.86 bits per heavy atom. The average Bonchev–Trinajstić information content (AvgIpc) is 3.47. The van der Waals surface area contributed by atoms with Gasteiger partial charge in [-0.1, -0.05) is 29.8 Å². The number of rotatable bonds is 3. The molecule has 1 aliphatic rings.